The molecule has 0 aliphatic carbocycles. The van der Waals surface area contributed by atoms with Crippen LogP contribution in [-0.2, 0) is 23.9 Å². The summed E-state index contributed by atoms with van der Waals surface area (Å²) >= 11 is 0. The number of carbonyl (C=O) groups is 3. The summed E-state index contributed by atoms with van der Waals surface area (Å²) in [7, 11) is 5.10. The van der Waals surface area contributed by atoms with E-state index in [1.54, 1.807) is 82.3 Å². The van der Waals surface area contributed by atoms with E-state index in [1.165, 1.54) is 15.9 Å². The molecule has 2 unspecified atom stereocenters. The monoisotopic (exact) mass is 654 g/mol. The lowest BCUT2D eigenvalue weighted by Crippen LogP contribution is -2.42. The molecule has 1 aromatic carbocycles. The van der Waals surface area contributed by atoms with Gasteiger partial charge in [0, 0.05) is 37.8 Å². The number of hydrogen-bond donors (Lipinski definition) is 0. The van der Waals surface area contributed by atoms with Crippen LogP contribution in [0.2, 0.25) is 0 Å². The number of anilines is 1. The highest BCUT2D eigenvalue weighted by atomic mass is 19.1. The van der Waals surface area contributed by atoms with E-state index in [-0.39, 0.29) is 31.6 Å². The maximum atomic E-state index is 15.3. The van der Waals surface area contributed by atoms with Crippen molar-refractivity contribution in [2.75, 3.05) is 65.3 Å². The molecule has 2 aliphatic rings. The molecule has 14 nitrogen and oxygen atoms in total. The van der Waals surface area contributed by atoms with Crippen LogP contribution >= 0.6 is 0 Å². The fourth-order valence-corrected chi connectivity index (χ4v) is 5.05. The van der Waals surface area contributed by atoms with E-state index in [0.717, 1.165) is 0 Å². The van der Waals surface area contributed by atoms with Gasteiger partial charge in [-0.25, -0.2) is 9.18 Å². The van der Waals surface area contributed by atoms with Crippen molar-refractivity contribution in [3.8, 4) is 11.1 Å². The summed E-state index contributed by atoms with van der Waals surface area (Å²) in [6.07, 6.45) is 0.654. The van der Waals surface area contributed by atoms with Crippen molar-refractivity contribution in [2.45, 2.75) is 51.9 Å². The number of ether oxygens (including phenoxy) is 2. The summed E-state index contributed by atoms with van der Waals surface area (Å²) in [5.41, 5.74) is 1.88. The SMILES string of the molecule is CCN=NN(C)CC1CN(c2ccc(-c3ccc(C4=NOC(CN(C)C(=O)CN(C)CC(=O)OC(C)(C)C)C4)nc3)c(F)c2)C(=O)O1. The second kappa shape index (κ2) is 15.3. The molecule has 1 saturated heterocycles. The van der Waals surface area contributed by atoms with E-state index < -0.39 is 29.6 Å². The standard InChI is InChI=1S/C32H43FN8O6/c1-8-35-37-40(7)17-24-18-41(31(44)45-24)22-10-11-25(26(33)13-22)21-9-12-27(34-15-21)28-14-23(47-36-28)16-39(6)29(42)19-38(5)20-30(43)46-32(2,3)4/h9-13,15,23-24H,8,14,16-20H2,1-7H3. The average Bonchev–Trinajstić information content (AvgIpc) is 3.61. The molecule has 0 N–H and O–H groups in total. The maximum Gasteiger partial charge on any atom is 0.414 e. The molecule has 4 rings (SSSR count). The van der Waals surface area contributed by atoms with Crippen LogP contribution in [0.25, 0.3) is 11.1 Å². The first kappa shape index (κ1) is 35.2. The normalized spacial score (nSPS) is 17.9. The highest BCUT2D eigenvalue weighted by molar-refractivity contribution is 6.00. The minimum absolute atomic E-state index is 0.000970. The number of benzene rings is 1. The first-order valence-electron chi connectivity index (χ1n) is 15.4. The summed E-state index contributed by atoms with van der Waals surface area (Å²) in [6, 6.07) is 8.06. The van der Waals surface area contributed by atoms with Crippen LogP contribution in [0.3, 0.4) is 0 Å². The Morgan fingerprint density at radius 1 is 1.11 bits per heavy atom. The van der Waals surface area contributed by atoms with Crippen LogP contribution in [0.5, 0.6) is 0 Å². The number of esters is 1. The molecule has 1 aromatic heterocycles. The third-order valence-corrected chi connectivity index (χ3v) is 7.19. The predicted octanol–water partition coefficient (Wildman–Crippen LogP) is 3.76. The van der Waals surface area contributed by atoms with Crippen molar-refractivity contribution in [3.05, 3.63) is 48.0 Å². The number of likely N-dealkylation sites (N-methyl/N-ethyl adjacent to an activating group) is 3. The third-order valence-electron chi connectivity index (χ3n) is 7.19. The van der Waals surface area contributed by atoms with Gasteiger partial charge < -0.3 is 19.2 Å². The number of pyridine rings is 1. The number of rotatable bonds is 13. The summed E-state index contributed by atoms with van der Waals surface area (Å²) in [6.45, 7) is 8.77. The zero-order valence-electron chi connectivity index (χ0n) is 28.0. The maximum absolute atomic E-state index is 15.3. The quantitative estimate of drug-likeness (QED) is 0.179. The van der Waals surface area contributed by atoms with Gasteiger partial charge in [-0.1, -0.05) is 16.4 Å². The second-order valence-corrected chi connectivity index (χ2v) is 12.6. The molecule has 2 aromatic rings. The Bertz CT molecular complexity index is 1500. The topological polar surface area (TPSA) is 142 Å². The highest BCUT2D eigenvalue weighted by Gasteiger charge is 2.33. The lowest BCUT2D eigenvalue weighted by atomic mass is 10.0. The van der Waals surface area contributed by atoms with Crippen LogP contribution in [0.4, 0.5) is 14.9 Å². The van der Waals surface area contributed by atoms with E-state index in [1.807, 2.05) is 6.92 Å². The minimum atomic E-state index is -0.593. The Morgan fingerprint density at radius 2 is 1.87 bits per heavy atom. The number of halogens is 1. The largest absolute Gasteiger partial charge is 0.459 e. The Kier molecular flexibility index (Phi) is 11.4. The van der Waals surface area contributed by atoms with Crippen molar-refractivity contribution < 1.29 is 33.1 Å². The van der Waals surface area contributed by atoms with E-state index in [4.69, 9.17) is 14.3 Å². The molecule has 0 radical (unpaired) electrons. The number of cyclic esters (lactones) is 1. The summed E-state index contributed by atoms with van der Waals surface area (Å²) in [4.78, 5) is 51.8. The second-order valence-electron chi connectivity index (χ2n) is 12.6. The molecular weight excluding hydrogens is 611 g/mol. The number of amides is 2. The lowest BCUT2D eigenvalue weighted by Gasteiger charge is -2.24. The van der Waals surface area contributed by atoms with Crippen LogP contribution in [-0.4, -0.2) is 122 Å². The predicted molar refractivity (Wildman–Crippen MR) is 172 cm³/mol. The summed E-state index contributed by atoms with van der Waals surface area (Å²) < 4.78 is 26.0. The van der Waals surface area contributed by atoms with Gasteiger partial charge in [-0.2, -0.15) is 5.11 Å². The molecule has 1 fully saturated rings. The molecule has 2 aliphatic heterocycles. The number of hydrogen-bond acceptors (Lipinski definition) is 11. The first-order chi connectivity index (χ1) is 22.2. The van der Waals surface area contributed by atoms with Gasteiger partial charge in [0.05, 0.1) is 50.6 Å². The van der Waals surface area contributed by atoms with Crippen LogP contribution in [0.15, 0.2) is 52.0 Å². The molecule has 0 spiro atoms. The fourth-order valence-electron chi connectivity index (χ4n) is 5.05. The molecule has 2 atom stereocenters. The van der Waals surface area contributed by atoms with Crippen LogP contribution in [0, 0.1) is 5.82 Å². The zero-order chi connectivity index (χ0) is 34.3. The molecular formula is C32H43FN8O6. The summed E-state index contributed by atoms with van der Waals surface area (Å²) in [5, 5.41) is 13.7. The van der Waals surface area contributed by atoms with Gasteiger partial charge in [0.1, 0.15) is 23.2 Å². The van der Waals surface area contributed by atoms with Crippen molar-refractivity contribution >= 4 is 29.4 Å². The smallest absolute Gasteiger partial charge is 0.414 e. The van der Waals surface area contributed by atoms with Gasteiger partial charge in [-0.05, 0) is 59.0 Å². The van der Waals surface area contributed by atoms with E-state index in [9.17, 15) is 14.4 Å². The summed E-state index contributed by atoms with van der Waals surface area (Å²) in [5.74, 6) is -1.08. The fraction of sp³-hybridized carbons (Fsp3) is 0.531. The first-order valence-corrected chi connectivity index (χ1v) is 15.4. The average molecular weight is 655 g/mol. The number of oxime groups is 1. The van der Waals surface area contributed by atoms with Gasteiger partial charge >= 0.3 is 12.1 Å². The van der Waals surface area contributed by atoms with Crippen LogP contribution in [0.1, 0.15) is 39.8 Å². The molecule has 0 saturated carbocycles. The van der Waals surface area contributed by atoms with E-state index in [0.29, 0.717) is 54.3 Å². The molecule has 2 amide bonds. The Hall–Kier alpha value is -4.66. The van der Waals surface area contributed by atoms with Gasteiger partial charge in [0.2, 0.25) is 5.91 Å². The van der Waals surface area contributed by atoms with Gasteiger partial charge in [-0.3, -0.25) is 29.4 Å². The third kappa shape index (κ3) is 9.91. The van der Waals surface area contributed by atoms with E-state index >= 15 is 4.39 Å². The van der Waals surface area contributed by atoms with E-state index in [2.05, 4.69) is 20.5 Å². The highest BCUT2D eigenvalue weighted by Crippen LogP contribution is 2.29. The van der Waals surface area contributed by atoms with Crippen LogP contribution < -0.4 is 4.90 Å². The number of nitrogens with zero attached hydrogens (tertiary/aromatic N) is 8. The zero-order valence-corrected chi connectivity index (χ0v) is 28.0. The van der Waals surface area contributed by atoms with Crippen molar-refractivity contribution in [1.29, 1.82) is 0 Å². The Balaban J connectivity index is 1.28. The van der Waals surface area contributed by atoms with Crippen molar-refractivity contribution in [3.63, 3.8) is 0 Å². The molecule has 254 valence electrons. The molecule has 15 heteroatoms. The molecule has 47 heavy (non-hydrogen) atoms. The number of carbonyl (C=O) groups excluding carboxylic acids is 3. The number of aromatic nitrogens is 1. The van der Waals surface area contributed by atoms with Crippen molar-refractivity contribution in [1.82, 2.24) is 19.8 Å². The van der Waals surface area contributed by atoms with Gasteiger partial charge in [-0.15, -0.1) is 0 Å². The minimum Gasteiger partial charge on any atom is -0.459 e. The Morgan fingerprint density at radius 3 is 2.53 bits per heavy atom. The Labute approximate surface area is 274 Å². The van der Waals surface area contributed by atoms with Gasteiger partial charge in [0.25, 0.3) is 0 Å². The van der Waals surface area contributed by atoms with Crippen molar-refractivity contribution in [2.24, 2.45) is 15.5 Å². The molecule has 3 heterocycles. The van der Waals surface area contributed by atoms with Gasteiger partial charge in [0.15, 0.2) is 6.10 Å². The molecule has 0 bridgehead atoms. The lowest BCUT2D eigenvalue weighted by molar-refractivity contribution is -0.156.